The van der Waals surface area contributed by atoms with Gasteiger partial charge in [-0.15, -0.1) is 0 Å². The lowest BCUT2D eigenvalue weighted by Gasteiger charge is -2.34. The van der Waals surface area contributed by atoms with E-state index in [0.717, 1.165) is 18.7 Å². The normalized spacial score (nSPS) is 12.8. The summed E-state index contributed by atoms with van der Waals surface area (Å²) in [5, 5.41) is 1.38. The number of aryl methyl sites for hydroxylation is 3. The van der Waals surface area contributed by atoms with Crippen LogP contribution in [0.1, 0.15) is 53.6 Å². The molecule has 0 radical (unpaired) electrons. The quantitative estimate of drug-likeness (QED) is 0.146. The molecule has 0 bridgehead atoms. The van der Waals surface area contributed by atoms with Gasteiger partial charge in [0.2, 0.25) is 0 Å². The summed E-state index contributed by atoms with van der Waals surface area (Å²) in [7, 11) is 0.592. The first-order chi connectivity index (χ1) is 20.4. The van der Waals surface area contributed by atoms with Crippen molar-refractivity contribution in [3.8, 4) is 5.75 Å². The molecule has 0 aliphatic rings. The van der Waals surface area contributed by atoms with Gasteiger partial charge in [0, 0.05) is 28.6 Å². The highest BCUT2D eigenvalue weighted by Crippen LogP contribution is 2.49. The van der Waals surface area contributed by atoms with Gasteiger partial charge in [0.25, 0.3) is 0 Å². The highest BCUT2D eigenvalue weighted by molar-refractivity contribution is 7.48. The van der Waals surface area contributed by atoms with Crippen molar-refractivity contribution in [2.45, 2.75) is 59.3 Å². The summed E-state index contributed by atoms with van der Waals surface area (Å²) in [5.74, 6) is 1.03. The van der Waals surface area contributed by atoms with Crippen LogP contribution in [0.3, 0.4) is 0 Å². The van der Waals surface area contributed by atoms with Crippen molar-refractivity contribution in [1.29, 1.82) is 0 Å². The van der Waals surface area contributed by atoms with E-state index < -0.39 is 0 Å². The molecule has 0 aromatic heterocycles. The Kier molecular flexibility index (Phi) is 9.45. The molecule has 0 saturated heterocycles. The number of para-hydroxylation sites is 2. The minimum atomic E-state index is -0.0754. The van der Waals surface area contributed by atoms with Gasteiger partial charge in [0.15, 0.2) is 0 Å². The minimum Gasteiger partial charge on any atom is -0.488 e. The third-order valence-electron chi connectivity index (χ3n) is 8.17. The van der Waals surface area contributed by atoms with E-state index in [9.17, 15) is 0 Å². The summed E-state index contributed by atoms with van der Waals surface area (Å²) < 4.78 is 6.63. The van der Waals surface area contributed by atoms with Gasteiger partial charge in [-0.3, -0.25) is 0 Å². The smallest absolute Gasteiger partial charge is 0.126 e. The molecule has 3 heteroatoms. The fourth-order valence-electron chi connectivity index (χ4n) is 5.66. The van der Waals surface area contributed by atoms with E-state index in [1.54, 1.807) is 0 Å². The molecule has 2 atom stereocenters. The largest absolute Gasteiger partial charge is 0.488 e. The Morgan fingerprint density at radius 3 is 1.88 bits per heavy atom. The molecule has 0 N–H and O–H groups in total. The lowest BCUT2D eigenvalue weighted by atomic mass is 9.92. The molecular weight excluding hydrogens is 529 g/mol. The first-order valence-electron chi connectivity index (χ1n) is 14.9. The van der Waals surface area contributed by atoms with Crippen LogP contribution in [0.25, 0.3) is 0 Å². The van der Waals surface area contributed by atoms with Gasteiger partial charge in [0.05, 0.1) is 0 Å². The van der Waals surface area contributed by atoms with Gasteiger partial charge in [-0.2, -0.15) is 0 Å². The molecule has 42 heavy (non-hydrogen) atoms. The molecule has 5 rings (SSSR count). The maximum absolute atomic E-state index is 6.63. The minimum absolute atomic E-state index is 0.0754. The van der Waals surface area contributed by atoms with Crippen LogP contribution < -0.4 is 14.9 Å². The second kappa shape index (κ2) is 13.4. The van der Waals surface area contributed by atoms with Crippen molar-refractivity contribution in [2.75, 3.05) is 4.90 Å². The lowest BCUT2D eigenvalue weighted by Crippen LogP contribution is -2.25. The van der Waals surface area contributed by atoms with Crippen LogP contribution >= 0.6 is 8.58 Å². The molecule has 2 unspecified atom stereocenters. The Morgan fingerprint density at radius 2 is 1.29 bits per heavy atom. The van der Waals surface area contributed by atoms with Crippen molar-refractivity contribution in [3.05, 3.63) is 155 Å². The molecule has 0 fully saturated rings. The topological polar surface area (TPSA) is 12.5 Å². The zero-order valence-corrected chi connectivity index (χ0v) is 26.5. The van der Waals surface area contributed by atoms with Crippen molar-refractivity contribution in [3.63, 3.8) is 0 Å². The zero-order valence-electron chi connectivity index (χ0n) is 25.5. The first-order valence-corrected chi connectivity index (χ1v) is 15.9. The Labute approximate surface area is 254 Å². The van der Waals surface area contributed by atoms with E-state index in [4.69, 9.17) is 4.74 Å². The van der Waals surface area contributed by atoms with Gasteiger partial charge in [0.1, 0.15) is 12.4 Å². The molecule has 2 nitrogen and oxygen atoms in total. The summed E-state index contributed by atoms with van der Waals surface area (Å²) in [6.07, 6.45) is 1.02. The van der Waals surface area contributed by atoms with Gasteiger partial charge in [-0.25, -0.2) is 0 Å². The summed E-state index contributed by atoms with van der Waals surface area (Å²) in [6.45, 7) is 12.8. The molecule has 0 heterocycles. The summed E-state index contributed by atoms with van der Waals surface area (Å²) in [5.41, 5.74) is 10.1. The van der Waals surface area contributed by atoms with Crippen LogP contribution in [-0.4, -0.2) is 0 Å². The van der Waals surface area contributed by atoms with E-state index in [2.05, 4.69) is 161 Å². The third kappa shape index (κ3) is 6.77. The maximum Gasteiger partial charge on any atom is 0.126 e. The maximum atomic E-state index is 6.63. The fraction of sp³-hybridized carbons (Fsp3) is 0.231. The molecule has 5 aromatic carbocycles. The van der Waals surface area contributed by atoms with Crippen LogP contribution in [-0.2, 0) is 18.3 Å². The van der Waals surface area contributed by atoms with Gasteiger partial charge < -0.3 is 9.64 Å². The number of benzene rings is 5. The molecule has 0 aliphatic carbocycles. The number of nitrogens with zero attached hydrogens (tertiary/aromatic N) is 1. The predicted octanol–water partition coefficient (Wildman–Crippen LogP) is 10.2. The average molecular weight is 572 g/mol. The molecule has 5 aromatic rings. The molecular formula is C39H42NOP. The fourth-order valence-corrected chi connectivity index (χ4v) is 7.32. The number of hydrogen-bond donors (Lipinski definition) is 0. The van der Waals surface area contributed by atoms with E-state index in [1.165, 1.54) is 50.1 Å². The van der Waals surface area contributed by atoms with Crippen LogP contribution in [0.4, 0.5) is 11.4 Å². The van der Waals surface area contributed by atoms with Crippen molar-refractivity contribution < 1.29 is 4.74 Å². The van der Waals surface area contributed by atoms with E-state index in [-0.39, 0.29) is 5.16 Å². The highest BCUT2D eigenvalue weighted by Gasteiger charge is 2.31. The van der Waals surface area contributed by atoms with E-state index in [1.807, 2.05) is 0 Å². The molecule has 0 spiro atoms. The van der Waals surface area contributed by atoms with Gasteiger partial charge >= 0.3 is 0 Å². The Balaban J connectivity index is 1.53. The van der Waals surface area contributed by atoms with E-state index >= 15 is 0 Å². The second-order valence-corrected chi connectivity index (χ2v) is 13.3. The van der Waals surface area contributed by atoms with Crippen molar-refractivity contribution in [1.82, 2.24) is 0 Å². The van der Waals surface area contributed by atoms with Crippen LogP contribution in [0, 0.1) is 20.8 Å². The van der Waals surface area contributed by atoms with Crippen molar-refractivity contribution in [2.24, 2.45) is 0 Å². The third-order valence-corrected chi connectivity index (χ3v) is 10.3. The zero-order chi connectivity index (χ0) is 29.5. The van der Waals surface area contributed by atoms with Crippen LogP contribution in [0.15, 0.2) is 121 Å². The number of rotatable bonds is 11. The number of ether oxygens (including phenoxy) is 1. The Hall–Kier alpha value is -3.87. The van der Waals surface area contributed by atoms with Gasteiger partial charge in [-0.05, 0) is 79.0 Å². The predicted molar refractivity (Wildman–Crippen MR) is 182 cm³/mol. The second-order valence-electron chi connectivity index (χ2n) is 11.4. The SMILES string of the molecule is CCC(C)(Pc1c(C)cccc1CN(c1ccccc1)c1ccccc1)c1cc(C)cc(C)c1OCc1ccccc1. The van der Waals surface area contributed by atoms with E-state index in [0.29, 0.717) is 15.2 Å². The number of hydrogen-bond acceptors (Lipinski definition) is 2. The lowest BCUT2D eigenvalue weighted by molar-refractivity contribution is 0.297. The van der Waals surface area contributed by atoms with Crippen LogP contribution in [0.2, 0.25) is 0 Å². The van der Waals surface area contributed by atoms with Crippen LogP contribution in [0.5, 0.6) is 5.75 Å². The average Bonchev–Trinajstić information content (AvgIpc) is 3.02. The standard InChI is InChI=1S/C39H42NOP/c1-6-39(5,36-26-29(2)25-31(4)37(36)41-28-32-18-10-7-11-19-32)42-38-30(3)17-16-20-33(38)27-40(34-21-12-8-13-22-34)35-23-14-9-15-24-35/h7-26,42H,6,27-28H2,1-5H3. The molecule has 0 saturated carbocycles. The van der Waals surface area contributed by atoms with Crippen molar-refractivity contribution >= 4 is 25.3 Å². The summed E-state index contributed by atoms with van der Waals surface area (Å²) in [6, 6.07) is 43.3. The Bertz CT molecular complexity index is 1560. The monoisotopic (exact) mass is 571 g/mol. The Morgan fingerprint density at radius 1 is 0.690 bits per heavy atom. The number of anilines is 2. The first kappa shape index (κ1) is 29.6. The molecule has 214 valence electrons. The summed E-state index contributed by atoms with van der Waals surface area (Å²) >= 11 is 0. The highest BCUT2D eigenvalue weighted by atomic mass is 31.1. The summed E-state index contributed by atoms with van der Waals surface area (Å²) in [4.78, 5) is 2.43. The molecule has 0 amide bonds. The molecule has 0 aliphatic heterocycles. The van der Waals surface area contributed by atoms with Gasteiger partial charge in [-0.1, -0.05) is 125 Å².